The third-order valence-electron chi connectivity index (χ3n) is 3.48. The highest BCUT2D eigenvalue weighted by atomic mass is 19.1. The first-order valence-electron chi connectivity index (χ1n) is 6.25. The number of halogens is 1. The van der Waals surface area contributed by atoms with Crippen LogP contribution < -0.4 is 0 Å². The van der Waals surface area contributed by atoms with Crippen molar-refractivity contribution in [1.82, 2.24) is 4.90 Å². The predicted octanol–water partition coefficient (Wildman–Crippen LogP) is 1.17. The zero-order valence-electron chi connectivity index (χ0n) is 11.4. The molecule has 1 aliphatic rings. The van der Waals surface area contributed by atoms with E-state index in [0.29, 0.717) is 13.0 Å². The van der Waals surface area contributed by atoms with Crippen LogP contribution >= 0.6 is 0 Å². The number of ketones is 1. The first-order valence-corrected chi connectivity index (χ1v) is 6.25. The van der Waals surface area contributed by atoms with Gasteiger partial charge in [0.2, 0.25) is 0 Å². The fraction of sp³-hybridized carbons (Fsp3) is 0.846. The molecule has 1 rings (SSSR count). The highest BCUT2D eigenvalue weighted by molar-refractivity contribution is 5.90. The van der Waals surface area contributed by atoms with Crippen molar-refractivity contribution >= 4 is 11.7 Å². The normalized spacial score (nSPS) is 26.2. The van der Waals surface area contributed by atoms with Crippen LogP contribution in [0.2, 0.25) is 0 Å². The van der Waals surface area contributed by atoms with Crippen LogP contribution in [0.4, 0.5) is 4.39 Å². The number of aliphatic hydroxyl groups excluding tert-OH is 1. The molecule has 0 bridgehead atoms. The molecule has 0 aromatic carbocycles. The lowest BCUT2D eigenvalue weighted by Gasteiger charge is -2.32. The first kappa shape index (κ1) is 15.1. The van der Waals surface area contributed by atoms with Crippen LogP contribution in [0.25, 0.3) is 0 Å². The molecule has 0 aliphatic carbocycles. The van der Waals surface area contributed by atoms with Gasteiger partial charge in [0, 0.05) is 12.5 Å². The van der Waals surface area contributed by atoms with Gasteiger partial charge in [0.25, 0.3) is 5.91 Å². The first-order chi connectivity index (χ1) is 8.20. The minimum absolute atomic E-state index is 0.218. The molecule has 5 heteroatoms. The number of alkyl halides is 1. The molecular weight excluding hydrogens is 237 g/mol. The Bertz CT molecular complexity index is 338. The number of aliphatic hydroxyl groups is 1. The van der Waals surface area contributed by atoms with Crippen LogP contribution in [-0.4, -0.2) is 47.1 Å². The van der Waals surface area contributed by atoms with Crippen LogP contribution in [0, 0.1) is 11.3 Å². The van der Waals surface area contributed by atoms with Crippen molar-refractivity contribution in [3.63, 3.8) is 0 Å². The average molecular weight is 259 g/mol. The smallest absolute Gasteiger partial charge is 0.252 e. The minimum atomic E-state index is -1.17. The molecule has 0 saturated carbocycles. The number of carbonyl (C=O) groups is 2. The molecule has 1 fully saturated rings. The molecule has 4 nitrogen and oxygen atoms in total. The molecule has 104 valence electrons. The maximum absolute atomic E-state index is 12.8. The quantitative estimate of drug-likeness (QED) is 0.827. The number of rotatable bonds is 3. The summed E-state index contributed by atoms with van der Waals surface area (Å²) in [4.78, 5) is 25.1. The van der Waals surface area contributed by atoms with E-state index >= 15 is 0 Å². The predicted molar refractivity (Wildman–Crippen MR) is 65.7 cm³/mol. The maximum atomic E-state index is 12.8. The summed E-state index contributed by atoms with van der Waals surface area (Å²) in [6, 6.07) is -0.723. The number of hydrogen-bond acceptors (Lipinski definition) is 3. The third kappa shape index (κ3) is 2.88. The second kappa shape index (κ2) is 5.34. The molecule has 1 aliphatic heterocycles. The molecule has 18 heavy (non-hydrogen) atoms. The van der Waals surface area contributed by atoms with Crippen LogP contribution in [-0.2, 0) is 9.59 Å². The Morgan fingerprint density at radius 1 is 1.44 bits per heavy atom. The van der Waals surface area contributed by atoms with E-state index in [-0.39, 0.29) is 5.78 Å². The standard InChI is InChI=1S/C13H22FNO3/c1-8(16)10-9(7-14)5-6-15(10)12(18)11(17)13(2,3)4/h9-11,17H,5-7H2,1-4H3/t9?,10?,11-/m1/s1. The van der Waals surface area contributed by atoms with E-state index in [1.54, 1.807) is 20.8 Å². The van der Waals surface area contributed by atoms with Crippen molar-refractivity contribution in [3.05, 3.63) is 0 Å². The van der Waals surface area contributed by atoms with Gasteiger partial charge in [-0.25, -0.2) is 0 Å². The van der Waals surface area contributed by atoms with Gasteiger partial charge in [0.05, 0.1) is 12.7 Å². The Hall–Kier alpha value is -0.970. The van der Waals surface area contributed by atoms with Gasteiger partial charge in [-0.15, -0.1) is 0 Å². The van der Waals surface area contributed by atoms with Crippen LogP contribution in [0.1, 0.15) is 34.1 Å². The fourth-order valence-corrected chi connectivity index (χ4v) is 2.34. The van der Waals surface area contributed by atoms with E-state index in [2.05, 4.69) is 0 Å². The lowest BCUT2D eigenvalue weighted by molar-refractivity contribution is -0.149. The second-order valence-electron chi connectivity index (χ2n) is 6.06. The van der Waals surface area contributed by atoms with Crippen molar-refractivity contribution in [3.8, 4) is 0 Å². The molecule has 0 radical (unpaired) electrons. The lowest BCUT2D eigenvalue weighted by atomic mass is 9.88. The molecule has 1 amide bonds. The summed E-state index contributed by atoms with van der Waals surface area (Å²) < 4.78 is 12.8. The average Bonchev–Trinajstić information content (AvgIpc) is 2.69. The number of amides is 1. The molecule has 3 atom stereocenters. The van der Waals surface area contributed by atoms with Gasteiger partial charge < -0.3 is 10.0 Å². The third-order valence-corrected chi connectivity index (χ3v) is 3.48. The Morgan fingerprint density at radius 3 is 2.39 bits per heavy atom. The fourth-order valence-electron chi connectivity index (χ4n) is 2.34. The highest BCUT2D eigenvalue weighted by Crippen LogP contribution is 2.29. The molecule has 0 aromatic heterocycles. The summed E-state index contributed by atoms with van der Waals surface area (Å²) in [7, 11) is 0. The summed E-state index contributed by atoms with van der Waals surface area (Å²) in [6.07, 6.45) is -0.693. The molecule has 0 aromatic rings. The van der Waals surface area contributed by atoms with Gasteiger partial charge in [-0.05, 0) is 18.8 Å². The second-order valence-corrected chi connectivity index (χ2v) is 6.06. The Balaban J connectivity index is 2.89. The van der Waals surface area contributed by atoms with Gasteiger partial charge in [-0.3, -0.25) is 14.0 Å². The largest absolute Gasteiger partial charge is 0.383 e. The summed E-state index contributed by atoms with van der Waals surface area (Å²) in [5.41, 5.74) is -0.591. The molecule has 1 N–H and O–H groups in total. The van der Waals surface area contributed by atoms with Crippen LogP contribution in [0.15, 0.2) is 0 Å². The number of hydrogen-bond donors (Lipinski definition) is 1. The molecule has 0 spiro atoms. The minimum Gasteiger partial charge on any atom is -0.383 e. The van der Waals surface area contributed by atoms with E-state index in [1.807, 2.05) is 0 Å². The maximum Gasteiger partial charge on any atom is 0.252 e. The summed E-state index contributed by atoms with van der Waals surface area (Å²) in [6.45, 7) is 6.34. The zero-order chi connectivity index (χ0) is 14.1. The van der Waals surface area contributed by atoms with Gasteiger partial charge >= 0.3 is 0 Å². The molecular formula is C13H22FNO3. The van der Waals surface area contributed by atoms with Gasteiger partial charge in [0.1, 0.15) is 6.10 Å². The van der Waals surface area contributed by atoms with Crippen molar-refractivity contribution in [1.29, 1.82) is 0 Å². The van der Waals surface area contributed by atoms with E-state index < -0.39 is 36.1 Å². The SMILES string of the molecule is CC(=O)C1C(CF)CCN1C(=O)[C@@H](O)C(C)(C)C. The molecule has 2 unspecified atom stereocenters. The Morgan fingerprint density at radius 2 is 2.00 bits per heavy atom. The van der Waals surface area contributed by atoms with Crippen LogP contribution in [0.3, 0.4) is 0 Å². The number of nitrogens with zero attached hydrogens (tertiary/aromatic N) is 1. The molecule has 1 heterocycles. The highest BCUT2D eigenvalue weighted by Gasteiger charge is 2.43. The van der Waals surface area contributed by atoms with Gasteiger partial charge in [-0.2, -0.15) is 0 Å². The van der Waals surface area contributed by atoms with Gasteiger partial charge in [-0.1, -0.05) is 20.8 Å². The Kier molecular flexibility index (Phi) is 4.48. The van der Waals surface area contributed by atoms with E-state index in [0.717, 1.165) is 0 Å². The zero-order valence-corrected chi connectivity index (χ0v) is 11.4. The summed E-state index contributed by atoms with van der Waals surface area (Å²) in [5, 5.41) is 9.98. The number of Topliss-reactive ketones (excluding diaryl/α,β-unsaturated/α-hetero) is 1. The van der Waals surface area contributed by atoms with Crippen molar-refractivity contribution in [2.24, 2.45) is 11.3 Å². The van der Waals surface area contributed by atoms with E-state index in [9.17, 15) is 19.1 Å². The number of likely N-dealkylation sites (tertiary alicyclic amines) is 1. The van der Waals surface area contributed by atoms with Crippen LogP contribution in [0.5, 0.6) is 0 Å². The monoisotopic (exact) mass is 259 g/mol. The van der Waals surface area contributed by atoms with Crippen molar-refractivity contribution in [2.45, 2.75) is 46.3 Å². The number of carbonyl (C=O) groups excluding carboxylic acids is 2. The van der Waals surface area contributed by atoms with Gasteiger partial charge in [0.15, 0.2) is 5.78 Å². The lowest BCUT2D eigenvalue weighted by Crippen LogP contribution is -2.50. The Labute approximate surface area is 107 Å². The van der Waals surface area contributed by atoms with Crippen molar-refractivity contribution < 1.29 is 19.1 Å². The topological polar surface area (TPSA) is 57.6 Å². The van der Waals surface area contributed by atoms with E-state index in [4.69, 9.17) is 0 Å². The van der Waals surface area contributed by atoms with E-state index in [1.165, 1.54) is 11.8 Å². The summed E-state index contributed by atoms with van der Waals surface area (Å²) in [5.74, 6) is -1.12. The summed E-state index contributed by atoms with van der Waals surface area (Å²) >= 11 is 0. The molecule has 1 saturated heterocycles. The van der Waals surface area contributed by atoms with Crippen molar-refractivity contribution in [2.75, 3.05) is 13.2 Å².